The van der Waals surface area contributed by atoms with Gasteiger partial charge < -0.3 is 5.32 Å². The zero-order valence-electron chi connectivity index (χ0n) is 13.4. The van der Waals surface area contributed by atoms with Crippen LogP contribution >= 0.6 is 34.8 Å². The SMILES string of the molecule is Cc1cccc(NC2=C(Cl)C(=O)N(c3cc(Cl)ccc3Cl)C2=O)c1C. The summed E-state index contributed by atoms with van der Waals surface area (Å²) in [6.45, 7) is 3.87. The largest absolute Gasteiger partial charge is 0.349 e. The average Bonchev–Trinajstić information content (AvgIpc) is 2.78. The number of hydrogen-bond acceptors (Lipinski definition) is 3. The topological polar surface area (TPSA) is 49.4 Å². The molecule has 25 heavy (non-hydrogen) atoms. The Kier molecular flexibility index (Phi) is 4.78. The second-order valence-corrected chi connectivity index (χ2v) is 6.82. The molecule has 2 aromatic rings. The molecule has 0 saturated heterocycles. The molecule has 2 amide bonds. The number of anilines is 2. The third kappa shape index (κ3) is 3.13. The van der Waals surface area contributed by atoms with Gasteiger partial charge in [-0.2, -0.15) is 0 Å². The summed E-state index contributed by atoms with van der Waals surface area (Å²) in [6, 6.07) is 10.2. The number of imide groups is 1. The van der Waals surface area contributed by atoms with Crippen LogP contribution in [0.5, 0.6) is 0 Å². The molecule has 1 aliphatic heterocycles. The molecule has 4 nitrogen and oxygen atoms in total. The van der Waals surface area contributed by atoms with E-state index in [4.69, 9.17) is 34.8 Å². The van der Waals surface area contributed by atoms with Gasteiger partial charge in [0.05, 0.1) is 10.7 Å². The number of amides is 2. The summed E-state index contributed by atoms with van der Waals surface area (Å²) < 4.78 is 0. The minimum absolute atomic E-state index is 0.0106. The van der Waals surface area contributed by atoms with Gasteiger partial charge in [0.25, 0.3) is 11.8 Å². The van der Waals surface area contributed by atoms with Crippen LogP contribution < -0.4 is 10.2 Å². The van der Waals surface area contributed by atoms with Crippen molar-refractivity contribution < 1.29 is 9.59 Å². The molecule has 0 radical (unpaired) electrons. The molecule has 0 aliphatic carbocycles. The van der Waals surface area contributed by atoms with E-state index in [-0.39, 0.29) is 21.4 Å². The molecule has 1 aliphatic rings. The van der Waals surface area contributed by atoms with Gasteiger partial charge >= 0.3 is 0 Å². The lowest BCUT2D eigenvalue weighted by atomic mass is 10.1. The summed E-state index contributed by atoms with van der Waals surface area (Å²) in [5.41, 5.74) is 2.91. The number of nitrogens with one attached hydrogen (secondary N) is 1. The van der Waals surface area contributed by atoms with Gasteiger partial charge in [-0.15, -0.1) is 0 Å². The molecule has 0 spiro atoms. The Morgan fingerprint density at radius 3 is 2.40 bits per heavy atom. The summed E-state index contributed by atoms with van der Waals surface area (Å²) in [4.78, 5) is 26.2. The van der Waals surface area contributed by atoms with Gasteiger partial charge in [-0.25, -0.2) is 4.90 Å². The smallest absolute Gasteiger partial charge is 0.283 e. The van der Waals surface area contributed by atoms with E-state index in [2.05, 4.69) is 5.32 Å². The number of carbonyl (C=O) groups excluding carboxylic acids is 2. The lowest BCUT2D eigenvalue weighted by molar-refractivity contribution is -0.120. The molecule has 0 aromatic heterocycles. The Morgan fingerprint density at radius 1 is 0.960 bits per heavy atom. The first kappa shape index (κ1) is 17.8. The normalized spacial score (nSPS) is 14.5. The molecule has 0 bridgehead atoms. The zero-order valence-corrected chi connectivity index (χ0v) is 15.6. The van der Waals surface area contributed by atoms with Gasteiger partial charge in [0, 0.05) is 10.7 Å². The standard InChI is InChI=1S/C18H13Cl3N2O2/c1-9-4-3-5-13(10(9)2)22-16-15(21)17(24)23(18(16)25)14-8-11(19)6-7-12(14)20/h3-8,22H,1-2H3. The molecular weight excluding hydrogens is 383 g/mol. The van der Waals surface area contributed by atoms with Crippen molar-refractivity contribution in [2.75, 3.05) is 10.2 Å². The zero-order chi connectivity index (χ0) is 18.3. The first-order valence-electron chi connectivity index (χ1n) is 7.38. The van der Waals surface area contributed by atoms with E-state index in [9.17, 15) is 9.59 Å². The highest BCUT2D eigenvalue weighted by Gasteiger charge is 2.40. The van der Waals surface area contributed by atoms with Gasteiger partial charge in [0.15, 0.2) is 0 Å². The molecule has 0 unspecified atom stereocenters. The van der Waals surface area contributed by atoms with Crippen LogP contribution in [0.3, 0.4) is 0 Å². The van der Waals surface area contributed by atoms with E-state index in [1.807, 2.05) is 32.0 Å². The lowest BCUT2D eigenvalue weighted by Gasteiger charge is -2.17. The van der Waals surface area contributed by atoms with Crippen LogP contribution in [0.1, 0.15) is 11.1 Å². The van der Waals surface area contributed by atoms with Crippen molar-refractivity contribution in [2.45, 2.75) is 13.8 Å². The van der Waals surface area contributed by atoms with E-state index in [1.165, 1.54) is 12.1 Å². The number of carbonyl (C=O) groups is 2. The number of rotatable bonds is 3. The highest BCUT2D eigenvalue weighted by Crippen LogP contribution is 2.36. The first-order valence-corrected chi connectivity index (χ1v) is 8.51. The van der Waals surface area contributed by atoms with Crippen molar-refractivity contribution in [2.24, 2.45) is 0 Å². The van der Waals surface area contributed by atoms with Crippen molar-refractivity contribution in [3.63, 3.8) is 0 Å². The van der Waals surface area contributed by atoms with Crippen LogP contribution in [0.15, 0.2) is 47.1 Å². The Labute approximate surface area is 160 Å². The molecule has 0 saturated carbocycles. The van der Waals surface area contributed by atoms with Gasteiger partial charge in [-0.3, -0.25) is 9.59 Å². The number of halogens is 3. The van der Waals surface area contributed by atoms with Crippen LogP contribution in [0, 0.1) is 13.8 Å². The fourth-order valence-corrected chi connectivity index (χ4v) is 3.09. The van der Waals surface area contributed by atoms with E-state index in [1.54, 1.807) is 6.07 Å². The number of benzene rings is 2. The van der Waals surface area contributed by atoms with Crippen LogP contribution in [0.4, 0.5) is 11.4 Å². The molecule has 2 aromatic carbocycles. The predicted octanol–water partition coefficient (Wildman–Crippen LogP) is 5.05. The Hall–Kier alpha value is -2.01. The summed E-state index contributed by atoms with van der Waals surface area (Å²) in [6.07, 6.45) is 0. The van der Waals surface area contributed by atoms with E-state index in [0.29, 0.717) is 10.7 Å². The second-order valence-electron chi connectivity index (χ2n) is 5.60. The van der Waals surface area contributed by atoms with Crippen LogP contribution in [-0.4, -0.2) is 11.8 Å². The summed E-state index contributed by atoms with van der Waals surface area (Å²) in [5, 5.41) is 3.36. The highest BCUT2D eigenvalue weighted by molar-refractivity contribution is 6.54. The fourth-order valence-electron chi connectivity index (χ4n) is 2.51. The average molecular weight is 396 g/mol. The maximum absolute atomic E-state index is 12.8. The molecular formula is C18H13Cl3N2O2. The lowest BCUT2D eigenvalue weighted by Crippen LogP contribution is -2.32. The summed E-state index contributed by atoms with van der Waals surface area (Å²) >= 11 is 18.2. The summed E-state index contributed by atoms with van der Waals surface area (Å²) in [5.74, 6) is -1.23. The molecule has 7 heteroatoms. The van der Waals surface area contributed by atoms with E-state index in [0.717, 1.165) is 16.0 Å². The van der Waals surface area contributed by atoms with E-state index >= 15 is 0 Å². The van der Waals surface area contributed by atoms with Crippen molar-refractivity contribution in [3.05, 3.63) is 68.3 Å². The minimum Gasteiger partial charge on any atom is -0.349 e. The molecule has 128 valence electrons. The Morgan fingerprint density at radius 2 is 1.68 bits per heavy atom. The van der Waals surface area contributed by atoms with E-state index < -0.39 is 11.8 Å². The monoisotopic (exact) mass is 394 g/mol. The molecule has 1 heterocycles. The quantitative estimate of drug-likeness (QED) is 0.740. The highest BCUT2D eigenvalue weighted by atomic mass is 35.5. The van der Waals surface area contributed by atoms with Gasteiger partial charge in [-0.1, -0.05) is 46.9 Å². The van der Waals surface area contributed by atoms with Crippen molar-refractivity contribution in [1.82, 2.24) is 0 Å². The fraction of sp³-hybridized carbons (Fsp3) is 0.111. The molecule has 3 rings (SSSR count). The predicted molar refractivity (Wildman–Crippen MR) is 101 cm³/mol. The molecule has 0 atom stereocenters. The van der Waals surface area contributed by atoms with Crippen LogP contribution in [0.2, 0.25) is 10.0 Å². The van der Waals surface area contributed by atoms with Crippen molar-refractivity contribution in [3.8, 4) is 0 Å². The first-order chi connectivity index (χ1) is 11.8. The Bertz CT molecular complexity index is 938. The van der Waals surface area contributed by atoms with Crippen molar-refractivity contribution in [1.29, 1.82) is 0 Å². The molecule has 0 fully saturated rings. The van der Waals surface area contributed by atoms with Crippen LogP contribution in [0.25, 0.3) is 0 Å². The molecule has 1 N–H and O–H groups in total. The number of aryl methyl sites for hydroxylation is 1. The maximum Gasteiger partial charge on any atom is 0.283 e. The van der Waals surface area contributed by atoms with Gasteiger partial charge in [0.1, 0.15) is 10.7 Å². The van der Waals surface area contributed by atoms with Crippen LogP contribution in [-0.2, 0) is 9.59 Å². The third-order valence-electron chi connectivity index (χ3n) is 4.04. The Balaban J connectivity index is 2.00. The van der Waals surface area contributed by atoms with Gasteiger partial charge in [-0.05, 0) is 49.2 Å². The maximum atomic E-state index is 12.8. The van der Waals surface area contributed by atoms with Crippen molar-refractivity contribution >= 4 is 58.0 Å². The summed E-state index contributed by atoms with van der Waals surface area (Å²) in [7, 11) is 0. The number of nitrogens with zero attached hydrogens (tertiary/aromatic N) is 1. The number of hydrogen-bond donors (Lipinski definition) is 1. The minimum atomic E-state index is -0.649. The van der Waals surface area contributed by atoms with Gasteiger partial charge in [0.2, 0.25) is 0 Å². The third-order valence-corrected chi connectivity index (χ3v) is 4.95. The second kappa shape index (κ2) is 6.71.